The van der Waals surface area contributed by atoms with Gasteiger partial charge in [0.1, 0.15) is 0 Å². The summed E-state index contributed by atoms with van der Waals surface area (Å²) in [4.78, 5) is 2.58. The van der Waals surface area contributed by atoms with Gasteiger partial charge in [0.25, 0.3) is 0 Å². The van der Waals surface area contributed by atoms with Gasteiger partial charge < -0.3 is 0 Å². The SMILES string of the molecule is [N-]=[N+]=NC=C1C=CC=C1. The molecule has 1 aliphatic carbocycles. The van der Waals surface area contributed by atoms with Crippen molar-refractivity contribution in [2.45, 2.75) is 0 Å². The van der Waals surface area contributed by atoms with Crippen molar-refractivity contribution in [1.29, 1.82) is 0 Å². The molecule has 0 saturated carbocycles. The molecule has 0 aliphatic heterocycles. The summed E-state index contributed by atoms with van der Waals surface area (Å²) in [5.41, 5.74) is 8.83. The largest absolute Gasteiger partial charge is 0.0680 e. The Morgan fingerprint density at radius 1 is 1.44 bits per heavy atom. The van der Waals surface area contributed by atoms with Gasteiger partial charge in [0.2, 0.25) is 0 Å². The Morgan fingerprint density at radius 2 is 2.11 bits per heavy atom. The molecule has 1 aliphatic rings. The van der Waals surface area contributed by atoms with Crippen LogP contribution in [0, 0.1) is 0 Å². The van der Waals surface area contributed by atoms with Gasteiger partial charge in [-0.05, 0) is 11.1 Å². The second-order valence-corrected chi connectivity index (χ2v) is 1.55. The smallest absolute Gasteiger partial charge is 0.00816 e. The number of nitrogens with zero attached hydrogens (tertiary/aromatic N) is 3. The van der Waals surface area contributed by atoms with Crippen LogP contribution in [0.1, 0.15) is 0 Å². The third-order valence-corrected chi connectivity index (χ3v) is 0.947. The highest BCUT2D eigenvalue weighted by Gasteiger charge is 1.86. The Morgan fingerprint density at radius 3 is 2.67 bits per heavy atom. The number of rotatable bonds is 1. The molecule has 0 amide bonds. The van der Waals surface area contributed by atoms with Crippen LogP contribution in [0.3, 0.4) is 0 Å². The average molecular weight is 119 g/mol. The summed E-state index contributed by atoms with van der Waals surface area (Å²) in [5.74, 6) is 0. The number of allylic oxidation sites excluding steroid dienone is 5. The van der Waals surface area contributed by atoms with E-state index in [9.17, 15) is 0 Å². The number of hydrogen-bond donors (Lipinski definition) is 0. The number of azide groups is 1. The maximum Gasteiger partial charge on any atom is 0.00816 e. The van der Waals surface area contributed by atoms with E-state index in [1.165, 1.54) is 6.20 Å². The summed E-state index contributed by atoms with van der Waals surface area (Å²) < 4.78 is 0. The molecule has 0 N–H and O–H groups in total. The van der Waals surface area contributed by atoms with Crippen molar-refractivity contribution >= 4 is 0 Å². The predicted octanol–water partition coefficient (Wildman–Crippen LogP) is 2.31. The molecule has 0 heterocycles. The highest BCUT2D eigenvalue weighted by atomic mass is 15.1. The van der Waals surface area contributed by atoms with E-state index in [0.717, 1.165) is 5.57 Å². The molecular weight excluding hydrogens is 114 g/mol. The van der Waals surface area contributed by atoms with Gasteiger partial charge in [-0.25, -0.2) is 0 Å². The summed E-state index contributed by atoms with van der Waals surface area (Å²) >= 11 is 0. The van der Waals surface area contributed by atoms with Gasteiger partial charge in [-0.15, -0.1) is 0 Å². The van der Waals surface area contributed by atoms with E-state index in [1.807, 2.05) is 24.3 Å². The zero-order chi connectivity index (χ0) is 6.53. The second-order valence-electron chi connectivity index (χ2n) is 1.55. The maximum absolute atomic E-state index is 7.89. The fourth-order valence-electron chi connectivity index (χ4n) is 0.567. The molecule has 0 bridgehead atoms. The lowest BCUT2D eigenvalue weighted by atomic mass is 10.3. The first kappa shape index (κ1) is 5.66. The molecule has 9 heavy (non-hydrogen) atoms. The first-order valence-corrected chi connectivity index (χ1v) is 2.52. The standard InChI is InChI=1S/C6H5N3/c7-9-8-5-6-3-1-2-4-6/h1-5H. The Labute approximate surface area is 52.6 Å². The normalized spacial score (nSPS) is 13.6. The molecule has 0 fully saturated rings. The van der Waals surface area contributed by atoms with Gasteiger partial charge in [0, 0.05) is 11.1 Å². The van der Waals surface area contributed by atoms with Gasteiger partial charge in [-0.2, -0.15) is 0 Å². The predicted molar refractivity (Wildman–Crippen MR) is 35.5 cm³/mol. The van der Waals surface area contributed by atoms with Gasteiger partial charge in [-0.1, -0.05) is 29.4 Å². The van der Waals surface area contributed by atoms with E-state index in [1.54, 1.807) is 0 Å². The first-order valence-electron chi connectivity index (χ1n) is 2.52. The Bertz CT molecular complexity index is 215. The zero-order valence-electron chi connectivity index (χ0n) is 4.73. The van der Waals surface area contributed by atoms with E-state index in [-0.39, 0.29) is 0 Å². The van der Waals surface area contributed by atoms with Crippen molar-refractivity contribution in [2.24, 2.45) is 5.11 Å². The summed E-state index contributed by atoms with van der Waals surface area (Å²) in [7, 11) is 0. The van der Waals surface area contributed by atoms with Crippen LogP contribution in [0.15, 0.2) is 41.2 Å². The molecule has 0 aromatic heterocycles. The molecule has 0 atom stereocenters. The van der Waals surface area contributed by atoms with Crippen molar-refractivity contribution < 1.29 is 0 Å². The zero-order valence-corrected chi connectivity index (χ0v) is 4.73. The van der Waals surface area contributed by atoms with Crippen LogP contribution in [0.5, 0.6) is 0 Å². The minimum Gasteiger partial charge on any atom is -0.0680 e. The lowest BCUT2D eigenvalue weighted by Gasteiger charge is -1.78. The maximum atomic E-state index is 7.89. The molecule has 1 rings (SSSR count). The quantitative estimate of drug-likeness (QED) is 0.289. The first-order chi connectivity index (χ1) is 4.43. The molecule has 3 heteroatoms. The minimum absolute atomic E-state index is 0.938. The van der Waals surface area contributed by atoms with E-state index in [2.05, 4.69) is 10.0 Å². The molecule has 0 saturated heterocycles. The highest BCUT2D eigenvalue weighted by Crippen LogP contribution is 2.06. The third-order valence-electron chi connectivity index (χ3n) is 0.947. The molecule has 3 nitrogen and oxygen atoms in total. The van der Waals surface area contributed by atoms with Crippen LogP contribution in [-0.4, -0.2) is 0 Å². The molecular formula is C6H5N3. The Hall–Kier alpha value is -1.47. The van der Waals surface area contributed by atoms with E-state index in [0.29, 0.717) is 0 Å². The van der Waals surface area contributed by atoms with Crippen LogP contribution < -0.4 is 0 Å². The molecule has 0 spiro atoms. The summed E-state index contributed by atoms with van der Waals surface area (Å²) in [6.07, 6.45) is 8.99. The van der Waals surface area contributed by atoms with Crippen LogP contribution in [0.25, 0.3) is 10.4 Å². The van der Waals surface area contributed by atoms with Crippen LogP contribution >= 0.6 is 0 Å². The van der Waals surface area contributed by atoms with E-state index < -0.39 is 0 Å². The van der Waals surface area contributed by atoms with Crippen LogP contribution in [0.4, 0.5) is 0 Å². The second kappa shape index (κ2) is 2.74. The Kier molecular flexibility index (Phi) is 1.73. The lowest BCUT2D eigenvalue weighted by molar-refractivity contribution is 1.47. The van der Waals surface area contributed by atoms with Crippen LogP contribution in [0.2, 0.25) is 0 Å². The monoisotopic (exact) mass is 119 g/mol. The third kappa shape index (κ3) is 1.48. The van der Waals surface area contributed by atoms with Gasteiger partial charge in [-0.3, -0.25) is 0 Å². The molecule has 0 unspecified atom stereocenters. The fourth-order valence-corrected chi connectivity index (χ4v) is 0.567. The Balaban J connectivity index is 2.72. The molecule has 0 aromatic carbocycles. The summed E-state index contributed by atoms with van der Waals surface area (Å²) in [6.45, 7) is 0. The summed E-state index contributed by atoms with van der Waals surface area (Å²) in [5, 5.41) is 3.27. The minimum atomic E-state index is 0.938. The molecule has 0 aromatic rings. The number of hydrogen-bond acceptors (Lipinski definition) is 1. The van der Waals surface area contributed by atoms with Crippen molar-refractivity contribution in [3.05, 3.63) is 46.5 Å². The van der Waals surface area contributed by atoms with Crippen molar-refractivity contribution in [1.82, 2.24) is 0 Å². The topological polar surface area (TPSA) is 48.8 Å². The van der Waals surface area contributed by atoms with Gasteiger partial charge in [0.05, 0.1) is 0 Å². The highest BCUT2D eigenvalue weighted by molar-refractivity contribution is 5.39. The molecule has 44 valence electrons. The summed E-state index contributed by atoms with van der Waals surface area (Å²) in [6, 6.07) is 0. The van der Waals surface area contributed by atoms with E-state index in [4.69, 9.17) is 5.53 Å². The van der Waals surface area contributed by atoms with Crippen molar-refractivity contribution in [3.8, 4) is 0 Å². The lowest BCUT2D eigenvalue weighted by Crippen LogP contribution is -1.59. The van der Waals surface area contributed by atoms with E-state index >= 15 is 0 Å². The van der Waals surface area contributed by atoms with Gasteiger partial charge >= 0.3 is 0 Å². The van der Waals surface area contributed by atoms with Crippen molar-refractivity contribution in [3.63, 3.8) is 0 Å². The van der Waals surface area contributed by atoms with Gasteiger partial charge in [0.15, 0.2) is 0 Å². The van der Waals surface area contributed by atoms with Crippen LogP contribution in [-0.2, 0) is 0 Å². The average Bonchev–Trinajstić information content (AvgIpc) is 2.34. The van der Waals surface area contributed by atoms with Crippen molar-refractivity contribution in [2.75, 3.05) is 0 Å². The molecule has 0 radical (unpaired) electrons. The fraction of sp³-hybridized carbons (Fsp3) is 0.